The van der Waals surface area contributed by atoms with E-state index in [0.29, 0.717) is 18.1 Å². The molecule has 1 aliphatic heterocycles. The highest BCUT2D eigenvalue weighted by molar-refractivity contribution is 6.32. The summed E-state index contributed by atoms with van der Waals surface area (Å²) in [5.74, 6) is -0.993. The second-order valence-electron chi connectivity index (χ2n) is 5.93. The Kier molecular flexibility index (Phi) is 4.32. The highest BCUT2D eigenvalue weighted by atomic mass is 35.5. The standard InChI is InChI=1S/C17H19ClN2O2/c1-11-13-6-2-3-7-14(13)19-15(16(11)18)10-20-8-4-5-12(9-20)17(21)22/h2-3,6-7,12H,4-5,8-10H2,1H3,(H,21,22)/t12-/m0/s1. The van der Waals surface area contributed by atoms with Crippen molar-refractivity contribution in [2.24, 2.45) is 5.92 Å². The van der Waals surface area contributed by atoms with Crippen molar-refractivity contribution in [3.05, 3.63) is 40.5 Å². The van der Waals surface area contributed by atoms with Crippen molar-refractivity contribution in [1.29, 1.82) is 0 Å². The Morgan fingerprint density at radius 3 is 3.00 bits per heavy atom. The zero-order valence-electron chi connectivity index (χ0n) is 12.6. The molecule has 1 aromatic carbocycles. The molecule has 0 unspecified atom stereocenters. The van der Waals surface area contributed by atoms with Crippen LogP contribution in [0.4, 0.5) is 0 Å². The minimum Gasteiger partial charge on any atom is -0.481 e. The highest BCUT2D eigenvalue weighted by Gasteiger charge is 2.26. The van der Waals surface area contributed by atoms with E-state index in [2.05, 4.69) is 9.88 Å². The van der Waals surface area contributed by atoms with Crippen LogP contribution in [0.2, 0.25) is 5.02 Å². The molecule has 0 saturated carbocycles. The van der Waals surface area contributed by atoms with Crippen LogP contribution < -0.4 is 0 Å². The third-order valence-corrected chi connectivity index (χ3v) is 4.88. The maximum atomic E-state index is 11.2. The summed E-state index contributed by atoms with van der Waals surface area (Å²) in [5, 5.41) is 11.0. The molecule has 2 aromatic rings. The summed E-state index contributed by atoms with van der Waals surface area (Å²) in [6, 6.07) is 7.95. The maximum Gasteiger partial charge on any atom is 0.307 e. The molecule has 0 amide bonds. The van der Waals surface area contributed by atoms with E-state index >= 15 is 0 Å². The molecule has 1 N–H and O–H groups in total. The van der Waals surface area contributed by atoms with Crippen LogP contribution in [-0.2, 0) is 11.3 Å². The fourth-order valence-corrected chi connectivity index (χ4v) is 3.34. The molecule has 3 rings (SSSR count). The SMILES string of the molecule is Cc1c(Cl)c(CN2CCC[C@H](C(=O)O)C2)nc2ccccc12. The molecule has 1 aliphatic rings. The number of nitrogens with zero attached hydrogens (tertiary/aromatic N) is 2. The number of benzene rings is 1. The van der Waals surface area contributed by atoms with Crippen molar-refractivity contribution in [1.82, 2.24) is 9.88 Å². The number of carboxylic acids is 1. The van der Waals surface area contributed by atoms with Crippen molar-refractivity contribution >= 4 is 28.5 Å². The topological polar surface area (TPSA) is 53.4 Å². The van der Waals surface area contributed by atoms with Gasteiger partial charge in [0.25, 0.3) is 0 Å². The van der Waals surface area contributed by atoms with Gasteiger partial charge < -0.3 is 5.11 Å². The smallest absolute Gasteiger partial charge is 0.307 e. The van der Waals surface area contributed by atoms with Gasteiger partial charge in [0.15, 0.2) is 0 Å². The molecule has 0 radical (unpaired) electrons. The summed E-state index contributed by atoms with van der Waals surface area (Å²) in [6.07, 6.45) is 1.66. The van der Waals surface area contributed by atoms with Gasteiger partial charge in [0, 0.05) is 18.5 Å². The Labute approximate surface area is 134 Å². The minimum absolute atomic E-state index is 0.283. The lowest BCUT2D eigenvalue weighted by Crippen LogP contribution is -2.38. The van der Waals surface area contributed by atoms with Crippen molar-refractivity contribution < 1.29 is 9.90 Å². The quantitative estimate of drug-likeness (QED) is 0.941. The zero-order valence-corrected chi connectivity index (χ0v) is 13.3. The minimum atomic E-state index is -0.710. The number of likely N-dealkylation sites (tertiary alicyclic amines) is 1. The van der Waals surface area contributed by atoms with Gasteiger partial charge in [-0.1, -0.05) is 29.8 Å². The second-order valence-corrected chi connectivity index (χ2v) is 6.31. The third-order valence-electron chi connectivity index (χ3n) is 4.37. The molecule has 116 valence electrons. The van der Waals surface area contributed by atoms with E-state index in [0.717, 1.165) is 41.5 Å². The van der Waals surface area contributed by atoms with Gasteiger partial charge in [0.2, 0.25) is 0 Å². The van der Waals surface area contributed by atoms with Crippen LogP contribution in [0.5, 0.6) is 0 Å². The summed E-state index contributed by atoms with van der Waals surface area (Å²) >= 11 is 6.48. The summed E-state index contributed by atoms with van der Waals surface area (Å²) < 4.78 is 0. The van der Waals surface area contributed by atoms with Crippen molar-refractivity contribution in [3.63, 3.8) is 0 Å². The van der Waals surface area contributed by atoms with Crippen molar-refractivity contribution in [2.75, 3.05) is 13.1 Å². The van der Waals surface area contributed by atoms with Crippen molar-refractivity contribution in [3.8, 4) is 0 Å². The number of aliphatic carboxylic acids is 1. The molecule has 1 atom stereocenters. The molecule has 0 bridgehead atoms. The van der Waals surface area contributed by atoms with Crippen LogP contribution in [0, 0.1) is 12.8 Å². The van der Waals surface area contributed by atoms with E-state index in [-0.39, 0.29) is 5.92 Å². The molecule has 0 aliphatic carbocycles. The van der Waals surface area contributed by atoms with Gasteiger partial charge in [-0.25, -0.2) is 4.98 Å². The Hall–Kier alpha value is -1.65. The maximum absolute atomic E-state index is 11.2. The first kappa shape index (κ1) is 15.3. The molecule has 0 spiro atoms. The first-order chi connectivity index (χ1) is 10.6. The van der Waals surface area contributed by atoms with Crippen LogP contribution in [0.3, 0.4) is 0 Å². The summed E-state index contributed by atoms with van der Waals surface area (Å²) in [7, 11) is 0. The van der Waals surface area contributed by atoms with Gasteiger partial charge in [0.1, 0.15) is 0 Å². The van der Waals surface area contributed by atoms with E-state index in [1.165, 1.54) is 0 Å². The van der Waals surface area contributed by atoms with Gasteiger partial charge in [-0.3, -0.25) is 9.69 Å². The zero-order chi connectivity index (χ0) is 15.7. The third kappa shape index (κ3) is 2.94. The number of pyridine rings is 1. The average Bonchev–Trinajstić information content (AvgIpc) is 2.52. The van der Waals surface area contributed by atoms with E-state index in [1.807, 2.05) is 31.2 Å². The molecule has 4 nitrogen and oxygen atoms in total. The number of piperidine rings is 1. The highest BCUT2D eigenvalue weighted by Crippen LogP contribution is 2.28. The van der Waals surface area contributed by atoms with Gasteiger partial charge >= 0.3 is 5.97 Å². The van der Waals surface area contributed by atoms with Gasteiger partial charge in [0.05, 0.1) is 22.2 Å². The predicted molar refractivity (Wildman–Crippen MR) is 87.1 cm³/mol. The fourth-order valence-electron chi connectivity index (χ4n) is 3.13. The number of halogens is 1. The van der Waals surface area contributed by atoms with E-state index in [4.69, 9.17) is 11.6 Å². The Bertz CT molecular complexity index is 717. The van der Waals surface area contributed by atoms with E-state index in [1.54, 1.807) is 0 Å². The van der Waals surface area contributed by atoms with Crippen LogP contribution in [0.15, 0.2) is 24.3 Å². The van der Waals surface area contributed by atoms with Crippen LogP contribution in [-0.4, -0.2) is 34.0 Å². The first-order valence-electron chi connectivity index (χ1n) is 7.55. The second kappa shape index (κ2) is 6.23. The van der Waals surface area contributed by atoms with Gasteiger partial charge in [-0.05, 0) is 37.9 Å². The van der Waals surface area contributed by atoms with Crippen LogP contribution in [0.25, 0.3) is 10.9 Å². The lowest BCUT2D eigenvalue weighted by molar-refractivity contribution is -0.143. The Morgan fingerprint density at radius 1 is 1.45 bits per heavy atom. The molecule has 1 aromatic heterocycles. The summed E-state index contributed by atoms with van der Waals surface area (Å²) in [5.41, 5.74) is 2.81. The van der Waals surface area contributed by atoms with Gasteiger partial charge in [-0.2, -0.15) is 0 Å². The summed E-state index contributed by atoms with van der Waals surface area (Å²) in [4.78, 5) is 18.0. The van der Waals surface area contributed by atoms with Crippen molar-refractivity contribution in [2.45, 2.75) is 26.3 Å². The largest absolute Gasteiger partial charge is 0.481 e. The molecule has 22 heavy (non-hydrogen) atoms. The molecule has 5 heteroatoms. The number of aryl methyl sites for hydroxylation is 1. The number of carbonyl (C=O) groups is 1. The lowest BCUT2D eigenvalue weighted by atomic mass is 9.98. The Morgan fingerprint density at radius 2 is 2.23 bits per heavy atom. The van der Waals surface area contributed by atoms with Crippen LogP contribution in [0.1, 0.15) is 24.1 Å². The summed E-state index contributed by atoms with van der Waals surface area (Å²) in [6.45, 7) is 4.08. The number of hydrogen-bond acceptors (Lipinski definition) is 3. The number of carboxylic acid groups (broad SMARTS) is 1. The average molecular weight is 319 g/mol. The van der Waals surface area contributed by atoms with E-state index in [9.17, 15) is 9.90 Å². The van der Waals surface area contributed by atoms with E-state index < -0.39 is 5.97 Å². The number of rotatable bonds is 3. The molecular formula is C17H19ClN2O2. The lowest BCUT2D eigenvalue weighted by Gasteiger charge is -2.30. The monoisotopic (exact) mass is 318 g/mol. The number of fused-ring (bicyclic) bond motifs is 1. The molecular weight excluding hydrogens is 300 g/mol. The normalized spacial score (nSPS) is 19.5. The van der Waals surface area contributed by atoms with Gasteiger partial charge in [-0.15, -0.1) is 0 Å². The molecule has 1 fully saturated rings. The number of hydrogen-bond donors (Lipinski definition) is 1. The Balaban J connectivity index is 1.87. The molecule has 1 saturated heterocycles. The first-order valence-corrected chi connectivity index (χ1v) is 7.93. The predicted octanol–water partition coefficient (Wildman–Crippen LogP) is 3.49. The van der Waals surface area contributed by atoms with Crippen LogP contribution >= 0.6 is 11.6 Å². The number of aromatic nitrogens is 1. The molecule has 2 heterocycles. The number of para-hydroxylation sites is 1. The fraction of sp³-hybridized carbons (Fsp3) is 0.412.